The number of carbonyl (C=O) groups is 1. The van der Waals surface area contributed by atoms with Crippen LogP contribution in [0.25, 0.3) is 0 Å². The van der Waals surface area contributed by atoms with Gasteiger partial charge in [0.1, 0.15) is 5.82 Å². The van der Waals surface area contributed by atoms with Gasteiger partial charge >= 0.3 is 0 Å². The maximum absolute atomic E-state index is 11.9. The first-order valence-electron chi connectivity index (χ1n) is 5.25. The van der Waals surface area contributed by atoms with E-state index in [0.29, 0.717) is 10.2 Å². The molecule has 5 nitrogen and oxygen atoms in total. The van der Waals surface area contributed by atoms with Gasteiger partial charge in [0.2, 0.25) is 0 Å². The van der Waals surface area contributed by atoms with E-state index >= 15 is 0 Å². The lowest BCUT2D eigenvalue weighted by Crippen LogP contribution is -2.28. The largest absolute Gasteiger partial charge is 0.457 e. The van der Waals surface area contributed by atoms with Crippen molar-refractivity contribution in [1.82, 2.24) is 15.3 Å². The fourth-order valence-corrected chi connectivity index (χ4v) is 1.94. The number of amides is 1. The highest BCUT2D eigenvalue weighted by Crippen LogP contribution is 2.19. The van der Waals surface area contributed by atoms with Crippen LogP contribution in [-0.2, 0) is 0 Å². The number of nitrogens with one attached hydrogen (secondary N) is 2. The van der Waals surface area contributed by atoms with Gasteiger partial charge < -0.3 is 14.7 Å². The van der Waals surface area contributed by atoms with Crippen molar-refractivity contribution in [2.24, 2.45) is 0 Å². The Kier molecular flexibility index (Phi) is 3.63. The number of nitrogens with zero attached hydrogens (tertiary/aromatic N) is 1. The van der Waals surface area contributed by atoms with Gasteiger partial charge in [-0.2, -0.15) is 0 Å². The van der Waals surface area contributed by atoms with Crippen molar-refractivity contribution < 1.29 is 9.21 Å². The van der Waals surface area contributed by atoms with Gasteiger partial charge in [-0.15, -0.1) is 0 Å². The molecule has 1 amide bonds. The second-order valence-electron chi connectivity index (χ2n) is 3.52. The van der Waals surface area contributed by atoms with E-state index in [2.05, 4.69) is 31.2 Å². The third kappa shape index (κ3) is 2.58. The molecular weight excluding hydrogens is 286 g/mol. The third-order valence-electron chi connectivity index (χ3n) is 2.43. The van der Waals surface area contributed by atoms with Crippen LogP contribution in [0, 0.1) is 0 Å². The Morgan fingerprint density at radius 3 is 3.06 bits per heavy atom. The molecule has 2 rings (SSSR count). The van der Waals surface area contributed by atoms with Crippen molar-refractivity contribution in [1.29, 1.82) is 0 Å². The van der Waals surface area contributed by atoms with E-state index in [0.717, 1.165) is 12.2 Å². The molecule has 2 aromatic heterocycles. The average Bonchev–Trinajstić information content (AvgIpc) is 2.96. The Morgan fingerprint density at radius 1 is 1.71 bits per heavy atom. The van der Waals surface area contributed by atoms with E-state index in [1.54, 1.807) is 18.5 Å². The van der Waals surface area contributed by atoms with Crippen molar-refractivity contribution in [2.75, 3.05) is 0 Å². The number of rotatable bonds is 4. The van der Waals surface area contributed by atoms with E-state index in [4.69, 9.17) is 4.42 Å². The first kappa shape index (κ1) is 11.9. The summed E-state index contributed by atoms with van der Waals surface area (Å²) in [7, 11) is 0. The van der Waals surface area contributed by atoms with Crippen LogP contribution < -0.4 is 5.32 Å². The molecule has 0 aliphatic heterocycles. The summed E-state index contributed by atoms with van der Waals surface area (Å²) in [6.07, 6.45) is 5.62. The molecule has 0 saturated heterocycles. The highest BCUT2D eigenvalue weighted by molar-refractivity contribution is 9.10. The lowest BCUT2D eigenvalue weighted by Gasteiger charge is -2.13. The quantitative estimate of drug-likeness (QED) is 0.911. The zero-order valence-electron chi connectivity index (χ0n) is 9.24. The summed E-state index contributed by atoms with van der Waals surface area (Å²) in [4.78, 5) is 19.1. The Morgan fingerprint density at radius 2 is 2.53 bits per heavy atom. The molecule has 0 fully saturated rings. The number of carbonyl (C=O) groups excluding carboxylic acids is 1. The summed E-state index contributed by atoms with van der Waals surface area (Å²) in [5.41, 5.74) is 0.481. The molecule has 0 bridgehead atoms. The maximum atomic E-state index is 11.9. The molecule has 0 saturated carbocycles. The molecular formula is C11H12BrN3O2. The number of H-pyrrole nitrogens is 1. The summed E-state index contributed by atoms with van der Waals surface area (Å²) in [5, 5.41) is 2.89. The van der Waals surface area contributed by atoms with Crippen LogP contribution >= 0.6 is 15.9 Å². The molecule has 2 aromatic rings. The highest BCUT2D eigenvalue weighted by atomic mass is 79.9. The zero-order chi connectivity index (χ0) is 12.3. The Labute approximate surface area is 107 Å². The topological polar surface area (TPSA) is 70.9 Å². The zero-order valence-corrected chi connectivity index (χ0v) is 10.8. The molecule has 0 aliphatic rings. The highest BCUT2D eigenvalue weighted by Gasteiger charge is 2.18. The number of hydrogen-bond donors (Lipinski definition) is 2. The SMILES string of the molecule is CCC(NC(=O)c1ccoc1Br)c1ncc[nH]1. The average molecular weight is 298 g/mol. The molecule has 90 valence electrons. The van der Waals surface area contributed by atoms with Gasteiger partial charge in [0, 0.05) is 12.4 Å². The third-order valence-corrected chi connectivity index (χ3v) is 3.04. The summed E-state index contributed by atoms with van der Waals surface area (Å²) in [6.45, 7) is 1.98. The van der Waals surface area contributed by atoms with Crippen molar-refractivity contribution in [3.63, 3.8) is 0 Å². The Balaban J connectivity index is 2.10. The van der Waals surface area contributed by atoms with E-state index in [-0.39, 0.29) is 11.9 Å². The van der Waals surface area contributed by atoms with E-state index in [1.165, 1.54) is 6.26 Å². The van der Waals surface area contributed by atoms with Crippen LogP contribution in [0.2, 0.25) is 0 Å². The summed E-state index contributed by atoms with van der Waals surface area (Å²) >= 11 is 3.18. The number of imidazole rings is 1. The molecule has 2 heterocycles. The first-order chi connectivity index (χ1) is 8.22. The van der Waals surface area contributed by atoms with Crippen LogP contribution in [0.4, 0.5) is 0 Å². The standard InChI is InChI=1S/C11H12BrN3O2/c1-2-8(10-13-4-5-14-10)15-11(16)7-3-6-17-9(7)12/h3-6,8H,2H2,1H3,(H,13,14)(H,15,16). The Bertz CT molecular complexity index is 493. The monoisotopic (exact) mass is 297 g/mol. The number of aromatic nitrogens is 2. The van der Waals surface area contributed by atoms with Crippen molar-refractivity contribution >= 4 is 21.8 Å². The van der Waals surface area contributed by atoms with E-state index in [9.17, 15) is 4.79 Å². The summed E-state index contributed by atoms with van der Waals surface area (Å²) < 4.78 is 5.46. The van der Waals surface area contributed by atoms with Crippen LogP contribution in [-0.4, -0.2) is 15.9 Å². The van der Waals surface area contributed by atoms with Gasteiger partial charge in [-0.05, 0) is 28.4 Å². The maximum Gasteiger partial charge on any atom is 0.256 e. The fraction of sp³-hybridized carbons (Fsp3) is 0.273. The number of aromatic amines is 1. The number of hydrogen-bond acceptors (Lipinski definition) is 3. The van der Waals surface area contributed by atoms with Crippen LogP contribution in [0.15, 0.2) is 33.8 Å². The summed E-state index contributed by atoms with van der Waals surface area (Å²) in [6, 6.07) is 1.49. The van der Waals surface area contributed by atoms with Gasteiger partial charge in [-0.3, -0.25) is 4.79 Å². The molecule has 6 heteroatoms. The van der Waals surface area contributed by atoms with E-state index < -0.39 is 0 Å². The fourth-order valence-electron chi connectivity index (χ4n) is 1.52. The molecule has 0 radical (unpaired) electrons. The van der Waals surface area contributed by atoms with Crippen LogP contribution in [0.3, 0.4) is 0 Å². The molecule has 17 heavy (non-hydrogen) atoms. The normalized spacial score (nSPS) is 12.4. The summed E-state index contributed by atoms with van der Waals surface area (Å²) in [5.74, 6) is 0.564. The van der Waals surface area contributed by atoms with Gasteiger partial charge in [-0.1, -0.05) is 6.92 Å². The van der Waals surface area contributed by atoms with Gasteiger partial charge in [0.05, 0.1) is 17.9 Å². The van der Waals surface area contributed by atoms with E-state index in [1.807, 2.05) is 6.92 Å². The smallest absolute Gasteiger partial charge is 0.256 e. The predicted molar refractivity (Wildman–Crippen MR) is 65.5 cm³/mol. The number of furan rings is 1. The second kappa shape index (κ2) is 5.18. The predicted octanol–water partition coefficient (Wildman–Crippen LogP) is 2.65. The number of halogens is 1. The minimum absolute atomic E-state index is 0.126. The van der Waals surface area contributed by atoms with Crippen molar-refractivity contribution in [3.8, 4) is 0 Å². The molecule has 1 atom stereocenters. The molecule has 0 aliphatic carbocycles. The van der Waals surface area contributed by atoms with Gasteiger partial charge in [-0.25, -0.2) is 4.98 Å². The Hall–Kier alpha value is -1.56. The van der Waals surface area contributed by atoms with Crippen molar-refractivity contribution in [3.05, 3.63) is 40.8 Å². The van der Waals surface area contributed by atoms with Gasteiger partial charge in [0.15, 0.2) is 4.67 Å². The minimum Gasteiger partial charge on any atom is -0.457 e. The van der Waals surface area contributed by atoms with Crippen molar-refractivity contribution in [2.45, 2.75) is 19.4 Å². The molecule has 0 aromatic carbocycles. The van der Waals surface area contributed by atoms with Crippen LogP contribution in [0.5, 0.6) is 0 Å². The lowest BCUT2D eigenvalue weighted by molar-refractivity contribution is 0.0932. The van der Waals surface area contributed by atoms with Crippen LogP contribution in [0.1, 0.15) is 35.6 Å². The first-order valence-corrected chi connectivity index (χ1v) is 6.04. The molecule has 0 spiro atoms. The van der Waals surface area contributed by atoms with Gasteiger partial charge in [0.25, 0.3) is 5.91 Å². The molecule has 2 N–H and O–H groups in total. The minimum atomic E-state index is -0.186. The molecule has 1 unspecified atom stereocenters. The lowest BCUT2D eigenvalue weighted by atomic mass is 10.2. The second-order valence-corrected chi connectivity index (χ2v) is 4.24.